The number of aryl methyl sites for hydroxylation is 1. The minimum Gasteiger partial charge on any atom is -0.390 e. The number of rotatable bonds is 4. The van der Waals surface area contributed by atoms with E-state index in [4.69, 9.17) is 33.2 Å². The number of aliphatic hydroxyl groups excluding tert-OH is 1. The number of nitrogens with zero attached hydrogens (tertiary/aromatic N) is 2. The molecule has 0 spiro atoms. The highest BCUT2D eigenvalue weighted by Crippen LogP contribution is 2.45. The zero-order chi connectivity index (χ0) is 20.1. The van der Waals surface area contributed by atoms with Gasteiger partial charge in [-0.05, 0) is 49.1 Å². The minimum atomic E-state index is -0.483. The van der Waals surface area contributed by atoms with Crippen LogP contribution in [0.1, 0.15) is 47.3 Å². The first kappa shape index (κ1) is 18.9. The van der Waals surface area contributed by atoms with Crippen molar-refractivity contribution in [3.63, 3.8) is 0 Å². The van der Waals surface area contributed by atoms with Gasteiger partial charge in [-0.3, -0.25) is 0 Å². The van der Waals surface area contributed by atoms with Crippen LogP contribution in [0.5, 0.6) is 0 Å². The van der Waals surface area contributed by atoms with E-state index in [9.17, 15) is 5.11 Å². The van der Waals surface area contributed by atoms with Crippen LogP contribution in [-0.2, 0) is 6.42 Å². The predicted molar refractivity (Wildman–Crippen MR) is 117 cm³/mol. The van der Waals surface area contributed by atoms with Gasteiger partial charge in [-0.25, -0.2) is 9.97 Å². The molecule has 1 fully saturated rings. The Balaban J connectivity index is 1.55. The van der Waals surface area contributed by atoms with Gasteiger partial charge in [-0.2, -0.15) is 0 Å². The predicted octanol–water partition coefficient (Wildman–Crippen LogP) is 5.71. The number of aromatic nitrogens is 2. The molecule has 0 saturated heterocycles. The molecule has 2 atom stereocenters. The molecule has 4 nitrogen and oxygen atoms in total. The number of nitrogens with one attached hydrogen (secondary N) is 1. The van der Waals surface area contributed by atoms with E-state index in [-0.39, 0.29) is 6.04 Å². The van der Waals surface area contributed by atoms with Gasteiger partial charge in [0.25, 0.3) is 0 Å². The number of aliphatic hydroxyl groups is 1. The van der Waals surface area contributed by atoms with Crippen molar-refractivity contribution in [2.45, 2.75) is 44.2 Å². The number of anilines is 1. The molecule has 2 aromatic carbocycles. The summed E-state index contributed by atoms with van der Waals surface area (Å²) < 4.78 is 0. The van der Waals surface area contributed by atoms with Crippen molar-refractivity contribution in [3.05, 3.63) is 75.0 Å². The highest BCUT2D eigenvalue weighted by atomic mass is 35.5. The van der Waals surface area contributed by atoms with Gasteiger partial charge in [-0.1, -0.05) is 47.5 Å². The van der Waals surface area contributed by atoms with E-state index in [1.807, 2.05) is 31.2 Å². The molecule has 0 unspecified atom stereocenters. The van der Waals surface area contributed by atoms with E-state index in [2.05, 4.69) is 17.4 Å². The van der Waals surface area contributed by atoms with Crippen LogP contribution < -0.4 is 5.32 Å². The number of halogens is 2. The number of benzene rings is 2. The van der Waals surface area contributed by atoms with Crippen LogP contribution in [-0.4, -0.2) is 21.2 Å². The number of fused-ring (bicyclic) bond motifs is 1. The van der Waals surface area contributed by atoms with Crippen LogP contribution in [0.25, 0.3) is 11.3 Å². The largest absolute Gasteiger partial charge is 0.390 e. The van der Waals surface area contributed by atoms with Crippen LogP contribution in [0.15, 0.2) is 42.5 Å². The lowest BCUT2D eigenvalue weighted by atomic mass is 10.1. The maximum Gasteiger partial charge on any atom is 0.148 e. The van der Waals surface area contributed by atoms with E-state index in [0.29, 0.717) is 22.4 Å². The summed E-state index contributed by atoms with van der Waals surface area (Å²) >= 11 is 12.5. The maximum atomic E-state index is 10.6. The van der Waals surface area contributed by atoms with E-state index < -0.39 is 6.10 Å². The molecule has 148 valence electrons. The molecule has 2 aliphatic carbocycles. The Labute approximate surface area is 179 Å². The van der Waals surface area contributed by atoms with Gasteiger partial charge in [0.15, 0.2) is 0 Å². The zero-order valence-electron chi connectivity index (χ0n) is 16.0. The summed E-state index contributed by atoms with van der Waals surface area (Å²) in [5, 5.41) is 15.2. The lowest BCUT2D eigenvalue weighted by Crippen LogP contribution is -2.22. The summed E-state index contributed by atoms with van der Waals surface area (Å²) in [6, 6.07) is 13.4. The van der Waals surface area contributed by atoms with E-state index in [1.54, 1.807) is 6.07 Å². The molecular formula is C23H21Cl2N3O. The Hall–Kier alpha value is -2.14. The monoisotopic (exact) mass is 425 g/mol. The third-order valence-corrected chi connectivity index (χ3v) is 6.29. The molecule has 29 heavy (non-hydrogen) atoms. The van der Waals surface area contributed by atoms with Crippen molar-refractivity contribution in [1.29, 1.82) is 0 Å². The molecule has 0 amide bonds. The van der Waals surface area contributed by atoms with Gasteiger partial charge in [0.1, 0.15) is 5.82 Å². The number of hydrogen-bond acceptors (Lipinski definition) is 4. The van der Waals surface area contributed by atoms with Gasteiger partial charge in [0, 0.05) is 22.9 Å². The van der Waals surface area contributed by atoms with Gasteiger partial charge < -0.3 is 10.4 Å². The summed E-state index contributed by atoms with van der Waals surface area (Å²) in [4.78, 5) is 9.85. The SMILES string of the molecule is Cc1nc(-c2ccc(Cl)cc2Cl)c(C2CC2)nc1N[C@@H]1c2ccccc2C[C@@H]1O. The van der Waals surface area contributed by atoms with Crippen LogP contribution in [0.4, 0.5) is 5.82 Å². The molecule has 1 saturated carbocycles. The Morgan fingerprint density at radius 3 is 2.62 bits per heavy atom. The van der Waals surface area contributed by atoms with E-state index in [1.165, 1.54) is 5.56 Å². The summed E-state index contributed by atoms with van der Waals surface area (Å²) in [5.41, 5.74) is 5.72. The highest BCUT2D eigenvalue weighted by Gasteiger charge is 2.34. The smallest absolute Gasteiger partial charge is 0.148 e. The van der Waals surface area contributed by atoms with Crippen LogP contribution >= 0.6 is 23.2 Å². The Bertz CT molecular complexity index is 1100. The van der Waals surface area contributed by atoms with Crippen molar-refractivity contribution in [2.75, 3.05) is 5.32 Å². The van der Waals surface area contributed by atoms with Crippen molar-refractivity contribution in [3.8, 4) is 11.3 Å². The Morgan fingerprint density at radius 2 is 1.86 bits per heavy atom. The minimum absolute atomic E-state index is 0.184. The lowest BCUT2D eigenvalue weighted by molar-refractivity contribution is 0.165. The first-order valence-corrected chi connectivity index (χ1v) is 10.6. The van der Waals surface area contributed by atoms with Crippen molar-refractivity contribution in [1.82, 2.24) is 9.97 Å². The molecule has 1 heterocycles. The van der Waals surface area contributed by atoms with Crippen molar-refractivity contribution < 1.29 is 5.11 Å². The second-order valence-corrected chi connectivity index (χ2v) is 8.73. The van der Waals surface area contributed by atoms with Gasteiger partial charge in [0.05, 0.1) is 34.3 Å². The third kappa shape index (κ3) is 3.50. The van der Waals surface area contributed by atoms with Crippen LogP contribution in [0.3, 0.4) is 0 Å². The average Bonchev–Trinajstić information content (AvgIpc) is 3.48. The fourth-order valence-electron chi connectivity index (χ4n) is 4.09. The van der Waals surface area contributed by atoms with E-state index in [0.717, 1.165) is 46.9 Å². The molecular weight excluding hydrogens is 405 g/mol. The molecule has 3 aromatic rings. The standard InChI is InChI=1S/C23H21Cl2N3O/c1-12-23(28-21-16-5-3-2-4-14(16)10-19(21)29)27-20(13-6-7-13)22(26-12)17-9-8-15(24)11-18(17)25/h2-5,8-9,11,13,19,21,29H,6-7,10H2,1H3,(H,27,28)/t19-,21+/m0/s1. The molecule has 0 radical (unpaired) electrons. The first-order chi connectivity index (χ1) is 14.0. The third-order valence-electron chi connectivity index (χ3n) is 5.74. The van der Waals surface area contributed by atoms with Gasteiger partial charge in [-0.15, -0.1) is 0 Å². The maximum absolute atomic E-state index is 10.6. The van der Waals surface area contributed by atoms with Crippen LogP contribution in [0, 0.1) is 6.92 Å². The topological polar surface area (TPSA) is 58.0 Å². The van der Waals surface area contributed by atoms with E-state index >= 15 is 0 Å². The fourth-order valence-corrected chi connectivity index (χ4v) is 4.58. The van der Waals surface area contributed by atoms with Crippen LogP contribution in [0.2, 0.25) is 10.0 Å². The molecule has 2 aliphatic rings. The summed E-state index contributed by atoms with van der Waals surface area (Å²) in [6.07, 6.45) is 2.37. The Kier molecular flexibility index (Phi) is 4.73. The second-order valence-electron chi connectivity index (χ2n) is 7.88. The highest BCUT2D eigenvalue weighted by molar-refractivity contribution is 6.36. The first-order valence-electron chi connectivity index (χ1n) is 9.87. The molecule has 2 N–H and O–H groups in total. The fraction of sp³-hybridized carbons (Fsp3) is 0.304. The van der Waals surface area contributed by atoms with Gasteiger partial charge in [0.2, 0.25) is 0 Å². The molecule has 5 rings (SSSR count). The molecule has 0 bridgehead atoms. The second kappa shape index (κ2) is 7.28. The average molecular weight is 426 g/mol. The quantitative estimate of drug-likeness (QED) is 0.562. The summed E-state index contributed by atoms with van der Waals surface area (Å²) in [5.74, 6) is 1.12. The van der Waals surface area contributed by atoms with Gasteiger partial charge >= 0.3 is 0 Å². The summed E-state index contributed by atoms with van der Waals surface area (Å²) in [7, 11) is 0. The zero-order valence-corrected chi connectivity index (χ0v) is 17.5. The normalized spacial score (nSPS) is 20.6. The van der Waals surface area contributed by atoms with Crippen molar-refractivity contribution >= 4 is 29.0 Å². The lowest BCUT2D eigenvalue weighted by Gasteiger charge is -2.21. The summed E-state index contributed by atoms with van der Waals surface area (Å²) in [6.45, 7) is 1.94. The Morgan fingerprint density at radius 1 is 1.07 bits per heavy atom. The molecule has 6 heteroatoms. The number of hydrogen-bond donors (Lipinski definition) is 2. The molecule has 0 aliphatic heterocycles. The molecule has 1 aromatic heterocycles. The van der Waals surface area contributed by atoms with Crippen molar-refractivity contribution in [2.24, 2.45) is 0 Å².